The van der Waals surface area contributed by atoms with Crippen LogP contribution in [0.2, 0.25) is 0 Å². The molecule has 0 radical (unpaired) electrons. The SMILES string of the molecule is C[C@](N)(C(=O)O)c1ccc(I)cc1. The Labute approximate surface area is 90.1 Å². The van der Waals surface area contributed by atoms with Crippen LogP contribution in [0.3, 0.4) is 0 Å². The second-order valence-corrected chi connectivity index (χ2v) is 4.26. The van der Waals surface area contributed by atoms with Gasteiger partial charge in [-0.2, -0.15) is 0 Å². The van der Waals surface area contributed by atoms with Gasteiger partial charge in [0.05, 0.1) is 0 Å². The summed E-state index contributed by atoms with van der Waals surface area (Å²) < 4.78 is 1.06. The molecule has 1 aromatic rings. The number of carboxylic acid groups (broad SMARTS) is 1. The second-order valence-electron chi connectivity index (χ2n) is 3.01. The van der Waals surface area contributed by atoms with Crippen molar-refractivity contribution in [2.45, 2.75) is 12.5 Å². The molecule has 0 saturated heterocycles. The zero-order chi connectivity index (χ0) is 10.1. The Morgan fingerprint density at radius 1 is 1.46 bits per heavy atom. The number of hydrogen-bond donors (Lipinski definition) is 2. The molecule has 13 heavy (non-hydrogen) atoms. The topological polar surface area (TPSA) is 63.3 Å². The van der Waals surface area contributed by atoms with Gasteiger partial charge < -0.3 is 10.8 Å². The predicted octanol–water partition coefficient (Wildman–Crippen LogP) is 1.55. The van der Waals surface area contributed by atoms with Gasteiger partial charge in [0.1, 0.15) is 5.54 Å². The summed E-state index contributed by atoms with van der Waals surface area (Å²) >= 11 is 2.15. The van der Waals surface area contributed by atoms with Gasteiger partial charge in [-0.15, -0.1) is 0 Å². The Bertz CT molecular complexity index is 319. The fourth-order valence-electron chi connectivity index (χ4n) is 0.920. The van der Waals surface area contributed by atoms with Gasteiger partial charge in [0.2, 0.25) is 0 Å². The van der Waals surface area contributed by atoms with E-state index >= 15 is 0 Å². The number of carboxylic acids is 1. The highest BCUT2D eigenvalue weighted by Crippen LogP contribution is 2.18. The Hall–Kier alpha value is -0.620. The van der Waals surface area contributed by atoms with Crippen LogP contribution in [0.1, 0.15) is 12.5 Å². The lowest BCUT2D eigenvalue weighted by molar-refractivity contribution is -0.143. The van der Waals surface area contributed by atoms with Crippen molar-refractivity contribution in [3.63, 3.8) is 0 Å². The number of carbonyl (C=O) groups is 1. The van der Waals surface area contributed by atoms with Gasteiger partial charge in [0.25, 0.3) is 0 Å². The molecule has 0 unspecified atom stereocenters. The number of halogens is 1. The number of nitrogens with two attached hydrogens (primary N) is 1. The van der Waals surface area contributed by atoms with Gasteiger partial charge in [-0.3, -0.25) is 0 Å². The molecule has 3 N–H and O–H groups in total. The summed E-state index contributed by atoms with van der Waals surface area (Å²) in [5, 5.41) is 8.84. The standard InChI is InChI=1S/C9H10INO2/c1-9(11,8(12)13)6-2-4-7(10)5-3-6/h2-5H,11H2,1H3,(H,12,13)/t9-/m1/s1. The third-order valence-electron chi connectivity index (χ3n) is 1.89. The first kappa shape index (κ1) is 10.5. The molecule has 0 aliphatic heterocycles. The van der Waals surface area contributed by atoms with E-state index in [1.54, 1.807) is 12.1 Å². The first-order valence-corrected chi connectivity index (χ1v) is 4.81. The largest absolute Gasteiger partial charge is 0.480 e. The lowest BCUT2D eigenvalue weighted by Crippen LogP contribution is -2.41. The van der Waals surface area contributed by atoms with E-state index in [0.717, 1.165) is 3.57 Å². The monoisotopic (exact) mass is 291 g/mol. The van der Waals surface area contributed by atoms with E-state index in [9.17, 15) is 4.79 Å². The molecule has 1 atom stereocenters. The summed E-state index contributed by atoms with van der Waals surface area (Å²) in [4.78, 5) is 10.8. The molecule has 0 heterocycles. The second kappa shape index (κ2) is 3.63. The average molecular weight is 291 g/mol. The Kier molecular flexibility index (Phi) is 2.92. The molecular formula is C9H10INO2. The summed E-state index contributed by atoms with van der Waals surface area (Å²) in [6, 6.07) is 7.14. The van der Waals surface area contributed by atoms with Crippen molar-refractivity contribution >= 4 is 28.6 Å². The molecule has 1 aromatic carbocycles. The first-order chi connectivity index (χ1) is 5.94. The third-order valence-corrected chi connectivity index (χ3v) is 2.61. The Morgan fingerprint density at radius 2 is 1.92 bits per heavy atom. The zero-order valence-electron chi connectivity index (χ0n) is 7.12. The van der Waals surface area contributed by atoms with E-state index in [2.05, 4.69) is 22.6 Å². The average Bonchev–Trinajstić information content (AvgIpc) is 2.04. The van der Waals surface area contributed by atoms with Crippen LogP contribution in [0.25, 0.3) is 0 Å². The van der Waals surface area contributed by atoms with Gasteiger partial charge >= 0.3 is 5.97 Å². The first-order valence-electron chi connectivity index (χ1n) is 3.73. The minimum Gasteiger partial charge on any atom is -0.480 e. The zero-order valence-corrected chi connectivity index (χ0v) is 9.28. The maximum atomic E-state index is 10.8. The van der Waals surface area contributed by atoms with Crippen LogP contribution in [0.15, 0.2) is 24.3 Å². The maximum Gasteiger partial charge on any atom is 0.328 e. The molecule has 0 saturated carbocycles. The van der Waals surface area contributed by atoms with Crippen molar-refractivity contribution in [1.29, 1.82) is 0 Å². The number of aliphatic carboxylic acids is 1. The highest BCUT2D eigenvalue weighted by atomic mass is 127. The smallest absolute Gasteiger partial charge is 0.328 e. The Balaban J connectivity index is 3.08. The molecule has 0 amide bonds. The summed E-state index contributed by atoms with van der Waals surface area (Å²) in [5.74, 6) is -1.02. The lowest BCUT2D eigenvalue weighted by atomic mass is 9.94. The summed E-state index contributed by atoms with van der Waals surface area (Å²) in [5.41, 5.74) is 4.94. The third kappa shape index (κ3) is 2.19. The van der Waals surface area contributed by atoms with Crippen LogP contribution in [0.5, 0.6) is 0 Å². The van der Waals surface area contributed by atoms with Crippen LogP contribution < -0.4 is 5.73 Å². The van der Waals surface area contributed by atoms with E-state index in [0.29, 0.717) is 5.56 Å². The van der Waals surface area contributed by atoms with Crippen LogP contribution >= 0.6 is 22.6 Å². The minimum absolute atomic E-state index is 0.611. The normalized spacial score (nSPS) is 15.0. The fourth-order valence-corrected chi connectivity index (χ4v) is 1.28. The van der Waals surface area contributed by atoms with Gasteiger partial charge in [-0.05, 0) is 47.2 Å². The minimum atomic E-state index is -1.30. The molecule has 0 bridgehead atoms. The highest BCUT2D eigenvalue weighted by molar-refractivity contribution is 14.1. The van der Waals surface area contributed by atoms with Crippen molar-refractivity contribution in [2.75, 3.05) is 0 Å². The van der Waals surface area contributed by atoms with Crippen LogP contribution in [0, 0.1) is 3.57 Å². The molecule has 4 heteroatoms. The summed E-state index contributed by atoms with van der Waals surface area (Å²) in [7, 11) is 0. The van der Waals surface area contributed by atoms with Crippen LogP contribution in [0.4, 0.5) is 0 Å². The number of hydrogen-bond acceptors (Lipinski definition) is 2. The van der Waals surface area contributed by atoms with Crippen molar-refractivity contribution in [1.82, 2.24) is 0 Å². The van der Waals surface area contributed by atoms with Gasteiger partial charge in [0, 0.05) is 3.57 Å². The molecule has 0 fully saturated rings. The van der Waals surface area contributed by atoms with E-state index < -0.39 is 11.5 Å². The summed E-state index contributed by atoms with van der Waals surface area (Å²) in [6.07, 6.45) is 0. The number of benzene rings is 1. The van der Waals surface area contributed by atoms with Crippen molar-refractivity contribution in [3.05, 3.63) is 33.4 Å². The Morgan fingerprint density at radius 3 is 2.31 bits per heavy atom. The quantitative estimate of drug-likeness (QED) is 0.813. The lowest BCUT2D eigenvalue weighted by Gasteiger charge is -2.19. The van der Waals surface area contributed by atoms with Gasteiger partial charge in [-0.25, -0.2) is 4.79 Å². The van der Waals surface area contributed by atoms with Gasteiger partial charge in [-0.1, -0.05) is 12.1 Å². The molecule has 1 rings (SSSR count). The van der Waals surface area contributed by atoms with E-state index in [1.165, 1.54) is 6.92 Å². The predicted molar refractivity (Wildman–Crippen MR) is 58.3 cm³/mol. The number of rotatable bonds is 2. The fraction of sp³-hybridized carbons (Fsp3) is 0.222. The van der Waals surface area contributed by atoms with E-state index in [4.69, 9.17) is 10.8 Å². The molecule has 0 aliphatic carbocycles. The molecule has 0 aliphatic rings. The van der Waals surface area contributed by atoms with Gasteiger partial charge in [0.15, 0.2) is 0 Å². The highest BCUT2D eigenvalue weighted by Gasteiger charge is 2.29. The van der Waals surface area contributed by atoms with E-state index in [1.807, 2.05) is 12.1 Å². The van der Waals surface area contributed by atoms with Crippen LogP contribution in [-0.4, -0.2) is 11.1 Å². The molecule has 70 valence electrons. The molecular weight excluding hydrogens is 281 g/mol. The molecule has 0 aromatic heterocycles. The van der Waals surface area contributed by atoms with Crippen molar-refractivity contribution < 1.29 is 9.90 Å². The maximum absolute atomic E-state index is 10.8. The van der Waals surface area contributed by atoms with Crippen molar-refractivity contribution in [2.24, 2.45) is 5.73 Å². The summed E-state index contributed by atoms with van der Waals surface area (Å²) in [6.45, 7) is 1.48. The van der Waals surface area contributed by atoms with Crippen LogP contribution in [-0.2, 0) is 10.3 Å². The molecule has 3 nitrogen and oxygen atoms in total. The molecule has 0 spiro atoms. The van der Waals surface area contributed by atoms with Crippen molar-refractivity contribution in [3.8, 4) is 0 Å². The van der Waals surface area contributed by atoms with E-state index in [-0.39, 0.29) is 0 Å².